The summed E-state index contributed by atoms with van der Waals surface area (Å²) in [6.45, 7) is 5.74. The maximum Gasteiger partial charge on any atom is 0.0591 e. The highest BCUT2D eigenvalue weighted by Crippen LogP contribution is 2.23. The van der Waals surface area contributed by atoms with Gasteiger partial charge in [0, 0.05) is 19.2 Å². The molecule has 0 aromatic rings. The van der Waals surface area contributed by atoms with Crippen LogP contribution in [0.4, 0.5) is 0 Å². The topological polar surface area (TPSA) is 47.3 Å². The van der Waals surface area contributed by atoms with Crippen molar-refractivity contribution in [1.29, 1.82) is 0 Å². The first kappa shape index (κ1) is 13.9. The summed E-state index contributed by atoms with van der Waals surface area (Å²) in [6, 6.07) is 0.633. The quantitative estimate of drug-likeness (QED) is 0.624. The van der Waals surface area contributed by atoms with Crippen LogP contribution in [0.25, 0.3) is 0 Å². The Balaban J connectivity index is 2.02. The Bertz CT molecular complexity index is 164. The Kier molecular flexibility index (Phi) is 7.81. The number of hydrogen-bond donors (Lipinski definition) is 2. The molecule has 96 valence electrons. The third kappa shape index (κ3) is 5.28. The molecule has 3 heteroatoms. The Labute approximate surface area is 100 Å². The molecule has 2 unspecified atom stereocenters. The average molecular weight is 228 g/mol. The van der Waals surface area contributed by atoms with Crippen molar-refractivity contribution in [3.05, 3.63) is 0 Å². The zero-order chi connectivity index (χ0) is 11.6. The molecule has 3 N–H and O–H groups in total. The van der Waals surface area contributed by atoms with Crippen molar-refractivity contribution >= 4 is 0 Å². The van der Waals surface area contributed by atoms with E-state index in [2.05, 4.69) is 12.2 Å². The molecule has 0 aromatic carbocycles. The van der Waals surface area contributed by atoms with Crippen molar-refractivity contribution in [1.82, 2.24) is 5.32 Å². The molecule has 1 rings (SSSR count). The number of hydrogen-bond acceptors (Lipinski definition) is 3. The fraction of sp³-hybridized carbons (Fsp3) is 1.00. The largest absolute Gasteiger partial charge is 0.380 e. The normalized spacial score (nSPS) is 25.9. The van der Waals surface area contributed by atoms with Crippen molar-refractivity contribution in [2.24, 2.45) is 11.7 Å². The van der Waals surface area contributed by atoms with Crippen molar-refractivity contribution in [2.75, 3.05) is 26.3 Å². The Morgan fingerprint density at radius 3 is 2.81 bits per heavy atom. The predicted octanol–water partition coefficient (Wildman–Crippen LogP) is 1.91. The van der Waals surface area contributed by atoms with Gasteiger partial charge in [0.1, 0.15) is 0 Å². The van der Waals surface area contributed by atoms with Crippen molar-refractivity contribution in [3.63, 3.8) is 0 Å². The fourth-order valence-corrected chi connectivity index (χ4v) is 2.42. The van der Waals surface area contributed by atoms with Gasteiger partial charge in [-0.3, -0.25) is 0 Å². The molecule has 0 heterocycles. The number of nitrogens with one attached hydrogen (secondary N) is 1. The second kappa shape index (κ2) is 8.97. The third-order valence-electron chi connectivity index (χ3n) is 3.51. The lowest BCUT2D eigenvalue weighted by Crippen LogP contribution is -2.43. The average Bonchev–Trinajstić information content (AvgIpc) is 2.34. The monoisotopic (exact) mass is 228 g/mol. The van der Waals surface area contributed by atoms with E-state index in [0.29, 0.717) is 12.0 Å². The zero-order valence-electron chi connectivity index (χ0n) is 10.7. The summed E-state index contributed by atoms with van der Waals surface area (Å²) < 4.78 is 5.54. The first-order valence-corrected chi connectivity index (χ1v) is 6.89. The van der Waals surface area contributed by atoms with Crippen molar-refractivity contribution < 1.29 is 4.74 Å². The lowest BCUT2D eigenvalue weighted by Gasteiger charge is -2.31. The molecule has 0 saturated heterocycles. The summed E-state index contributed by atoms with van der Waals surface area (Å²) in [4.78, 5) is 0. The van der Waals surface area contributed by atoms with E-state index < -0.39 is 0 Å². The molecule has 0 bridgehead atoms. The predicted molar refractivity (Wildman–Crippen MR) is 68.5 cm³/mol. The smallest absolute Gasteiger partial charge is 0.0591 e. The van der Waals surface area contributed by atoms with Gasteiger partial charge >= 0.3 is 0 Å². The standard InChI is InChI=1S/C13H28N2O/c1-2-3-9-16-10-8-15-13-7-5-4-6-12(13)11-14/h12-13,15H,2-11,14H2,1H3. The number of unbranched alkanes of at least 4 members (excludes halogenated alkanes) is 1. The summed E-state index contributed by atoms with van der Waals surface area (Å²) in [5.41, 5.74) is 5.79. The van der Waals surface area contributed by atoms with Crippen LogP contribution in [0.5, 0.6) is 0 Å². The van der Waals surface area contributed by atoms with Crippen LogP contribution in [-0.2, 0) is 4.74 Å². The highest BCUT2D eigenvalue weighted by Gasteiger charge is 2.22. The highest BCUT2D eigenvalue weighted by molar-refractivity contribution is 4.81. The van der Waals surface area contributed by atoms with E-state index >= 15 is 0 Å². The van der Waals surface area contributed by atoms with Gasteiger partial charge in [-0.1, -0.05) is 26.2 Å². The maximum absolute atomic E-state index is 5.79. The van der Waals surface area contributed by atoms with Gasteiger partial charge in [0.15, 0.2) is 0 Å². The highest BCUT2D eigenvalue weighted by atomic mass is 16.5. The molecule has 3 nitrogen and oxygen atoms in total. The van der Waals surface area contributed by atoms with E-state index in [1.165, 1.54) is 38.5 Å². The molecule has 16 heavy (non-hydrogen) atoms. The molecule has 0 aromatic heterocycles. The first-order chi connectivity index (χ1) is 7.88. The molecule has 0 radical (unpaired) electrons. The summed E-state index contributed by atoms with van der Waals surface area (Å²) >= 11 is 0. The minimum Gasteiger partial charge on any atom is -0.380 e. The molecule has 0 amide bonds. The van der Waals surface area contributed by atoms with Gasteiger partial charge in [0.2, 0.25) is 0 Å². The molecular formula is C13H28N2O. The number of nitrogens with two attached hydrogens (primary N) is 1. The van der Waals surface area contributed by atoms with Crippen LogP contribution in [0.1, 0.15) is 45.4 Å². The summed E-state index contributed by atoms with van der Waals surface area (Å²) in [7, 11) is 0. The maximum atomic E-state index is 5.79. The second-order valence-corrected chi connectivity index (χ2v) is 4.81. The third-order valence-corrected chi connectivity index (χ3v) is 3.51. The lowest BCUT2D eigenvalue weighted by molar-refractivity contribution is 0.126. The van der Waals surface area contributed by atoms with Gasteiger partial charge in [-0.25, -0.2) is 0 Å². The van der Waals surface area contributed by atoms with E-state index in [4.69, 9.17) is 10.5 Å². The van der Waals surface area contributed by atoms with Crippen LogP contribution in [0.2, 0.25) is 0 Å². The number of ether oxygens (including phenoxy) is 1. The molecule has 1 aliphatic rings. The molecule has 0 aliphatic heterocycles. The van der Waals surface area contributed by atoms with Gasteiger partial charge in [-0.15, -0.1) is 0 Å². The van der Waals surface area contributed by atoms with Crippen LogP contribution in [-0.4, -0.2) is 32.3 Å². The van der Waals surface area contributed by atoms with Crippen LogP contribution >= 0.6 is 0 Å². The van der Waals surface area contributed by atoms with E-state index in [-0.39, 0.29) is 0 Å². The second-order valence-electron chi connectivity index (χ2n) is 4.81. The van der Waals surface area contributed by atoms with E-state index in [0.717, 1.165) is 26.3 Å². The van der Waals surface area contributed by atoms with Gasteiger partial charge in [0.05, 0.1) is 6.61 Å². The molecule has 1 aliphatic carbocycles. The lowest BCUT2D eigenvalue weighted by atomic mass is 9.84. The fourth-order valence-electron chi connectivity index (χ4n) is 2.42. The minimum absolute atomic E-state index is 0.633. The minimum atomic E-state index is 0.633. The SMILES string of the molecule is CCCCOCCNC1CCCCC1CN. The molecule has 0 spiro atoms. The van der Waals surface area contributed by atoms with Crippen LogP contribution < -0.4 is 11.1 Å². The summed E-state index contributed by atoms with van der Waals surface area (Å²) in [5.74, 6) is 0.685. The van der Waals surface area contributed by atoms with Crippen molar-refractivity contribution in [3.8, 4) is 0 Å². The Hall–Kier alpha value is -0.120. The Morgan fingerprint density at radius 2 is 2.06 bits per heavy atom. The molecule has 1 fully saturated rings. The van der Waals surface area contributed by atoms with Gasteiger partial charge in [-0.05, 0) is 31.7 Å². The van der Waals surface area contributed by atoms with E-state index in [9.17, 15) is 0 Å². The van der Waals surface area contributed by atoms with E-state index in [1.807, 2.05) is 0 Å². The van der Waals surface area contributed by atoms with E-state index in [1.54, 1.807) is 0 Å². The van der Waals surface area contributed by atoms with Crippen LogP contribution in [0.15, 0.2) is 0 Å². The summed E-state index contributed by atoms with van der Waals surface area (Å²) in [6.07, 6.45) is 7.68. The molecule has 2 atom stereocenters. The first-order valence-electron chi connectivity index (χ1n) is 6.89. The van der Waals surface area contributed by atoms with Gasteiger partial charge < -0.3 is 15.8 Å². The Morgan fingerprint density at radius 1 is 1.25 bits per heavy atom. The molecular weight excluding hydrogens is 200 g/mol. The number of rotatable bonds is 8. The van der Waals surface area contributed by atoms with Crippen LogP contribution in [0, 0.1) is 5.92 Å². The molecule has 1 saturated carbocycles. The zero-order valence-corrected chi connectivity index (χ0v) is 10.7. The van der Waals surface area contributed by atoms with Crippen molar-refractivity contribution in [2.45, 2.75) is 51.5 Å². The van der Waals surface area contributed by atoms with Crippen LogP contribution in [0.3, 0.4) is 0 Å². The van der Waals surface area contributed by atoms with Gasteiger partial charge in [0.25, 0.3) is 0 Å². The summed E-state index contributed by atoms with van der Waals surface area (Å²) in [5, 5.41) is 3.59. The van der Waals surface area contributed by atoms with Gasteiger partial charge in [-0.2, -0.15) is 0 Å².